The van der Waals surface area contributed by atoms with Gasteiger partial charge in [-0.15, -0.1) is 0 Å². The molecule has 1 aliphatic rings. The van der Waals surface area contributed by atoms with Crippen molar-refractivity contribution in [2.75, 3.05) is 11.9 Å². The summed E-state index contributed by atoms with van der Waals surface area (Å²) in [5.41, 5.74) is 0.0251. The number of anilines is 1. The van der Waals surface area contributed by atoms with Gasteiger partial charge in [-0.3, -0.25) is 9.59 Å². The van der Waals surface area contributed by atoms with Crippen LogP contribution in [0.1, 0.15) is 60.3 Å². The van der Waals surface area contributed by atoms with E-state index in [2.05, 4.69) is 10.6 Å². The molecule has 0 radical (unpaired) electrons. The highest BCUT2D eigenvalue weighted by molar-refractivity contribution is 7.89. The Morgan fingerprint density at radius 2 is 1.62 bits per heavy atom. The molecule has 2 atom stereocenters. The molecule has 2 N–H and O–H groups in total. The van der Waals surface area contributed by atoms with Gasteiger partial charge in [0.1, 0.15) is 0 Å². The van der Waals surface area contributed by atoms with Gasteiger partial charge < -0.3 is 10.6 Å². The average Bonchev–Trinajstić information content (AvgIpc) is 2.61. The lowest BCUT2D eigenvalue weighted by atomic mass is 9.96. The summed E-state index contributed by atoms with van der Waals surface area (Å²) in [6.07, 6.45) is 2.91. The van der Waals surface area contributed by atoms with Crippen molar-refractivity contribution in [1.29, 1.82) is 0 Å². The second-order valence-corrected chi connectivity index (χ2v) is 10.6. The number of carbonyl (C=O) groups excluding carboxylic acids is 2. The van der Waals surface area contributed by atoms with Gasteiger partial charge in [0.15, 0.2) is 0 Å². The second-order valence-electron chi connectivity index (χ2n) is 8.79. The molecule has 1 fully saturated rings. The number of nitrogens with one attached hydrogen (secondary N) is 2. The lowest BCUT2D eigenvalue weighted by molar-refractivity contribution is -0.128. The number of nitrogens with zero attached hydrogens (tertiary/aromatic N) is 1. The zero-order valence-electron chi connectivity index (χ0n) is 18.0. The first-order valence-corrected chi connectivity index (χ1v) is 11.6. The van der Waals surface area contributed by atoms with Crippen molar-refractivity contribution in [3.63, 3.8) is 0 Å². The molecule has 1 aliphatic heterocycles. The van der Waals surface area contributed by atoms with E-state index in [1.165, 1.54) is 12.1 Å². The van der Waals surface area contributed by atoms with Crippen LogP contribution in [-0.4, -0.2) is 43.2 Å². The summed E-state index contributed by atoms with van der Waals surface area (Å²) in [4.78, 5) is 24.1. The van der Waals surface area contributed by atoms with Gasteiger partial charge in [0.05, 0.1) is 4.90 Å². The average molecular weight is 424 g/mol. The van der Waals surface area contributed by atoms with E-state index in [1.807, 2.05) is 34.6 Å². The van der Waals surface area contributed by atoms with E-state index < -0.39 is 15.4 Å². The molecule has 0 spiro atoms. The third kappa shape index (κ3) is 6.02. The SMILES string of the molecule is C[C@@H]1CCC[C@@H](C)N1S(=O)(=O)c1ccc(NC(=O)CCNC(=O)C(C)(C)C)cc1. The van der Waals surface area contributed by atoms with Gasteiger partial charge in [-0.05, 0) is 51.0 Å². The van der Waals surface area contributed by atoms with Crippen molar-refractivity contribution >= 4 is 27.5 Å². The molecule has 0 aromatic heterocycles. The highest BCUT2D eigenvalue weighted by atomic mass is 32.2. The van der Waals surface area contributed by atoms with E-state index in [0.29, 0.717) is 5.69 Å². The van der Waals surface area contributed by atoms with Gasteiger partial charge in [0.25, 0.3) is 0 Å². The van der Waals surface area contributed by atoms with Gasteiger partial charge in [0.2, 0.25) is 21.8 Å². The molecule has 29 heavy (non-hydrogen) atoms. The minimum absolute atomic E-state index is 0.0218. The minimum atomic E-state index is -3.57. The molecule has 0 unspecified atom stereocenters. The molecule has 162 valence electrons. The van der Waals surface area contributed by atoms with E-state index >= 15 is 0 Å². The van der Waals surface area contributed by atoms with Gasteiger partial charge in [-0.1, -0.05) is 27.2 Å². The van der Waals surface area contributed by atoms with E-state index in [-0.39, 0.29) is 41.8 Å². The first kappa shape index (κ1) is 23.3. The number of rotatable bonds is 6. The highest BCUT2D eigenvalue weighted by Crippen LogP contribution is 2.29. The molecule has 0 aliphatic carbocycles. The molecule has 1 aromatic carbocycles. The maximum atomic E-state index is 13.0. The Labute approximate surface area is 174 Å². The third-order valence-corrected chi connectivity index (χ3v) is 7.29. The smallest absolute Gasteiger partial charge is 0.243 e. The number of piperidine rings is 1. The van der Waals surface area contributed by atoms with E-state index in [9.17, 15) is 18.0 Å². The molecule has 1 saturated heterocycles. The fourth-order valence-corrected chi connectivity index (χ4v) is 5.36. The Morgan fingerprint density at radius 3 is 2.14 bits per heavy atom. The summed E-state index contributed by atoms with van der Waals surface area (Å²) in [5.74, 6) is -0.353. The van der Waals surface area contributed by atoms with Crippen LogP contribution in [-0.2, 0) is 19.6 Å². The lowest BCUT2D eigenvalue weighted by Gasteiger charge is -2.37. The topological polar surface area (TPSA) is 95.6 Å². The molecular weight excluding hydrogens is 390 g/mol. The Hall–Kier alpha value is -1.93. The largest absolute Gasteiger partial charge is 0.355 e. The molecule has 0 saturated carbocycles. The van der Waals surface area contributed by atoms with Crippen LogP contribution >= 0.6 is 0 Å². The second kappa shape index (κ2) is 9.26. The molecule has 2 amide bonds. The van der Waals surface area contributed by atoms with Crippen molar-refractivity contribution < 1.29 is 18.0 Å². The molecular formula is C21H33N3O4S. The van der Waals surface area contributed by atoms with Gasteiger partial charge in [0, 0.05) is 36.2 Å². The predicted molar refractivity (Wildman–Crippen MR) is 114 cm³/mol. The van der Waals surface area contributed by atoms with Gasteiger partial charge >= 0.3 is 0 Å². The maximum Gasteiger partial charge on any atom is 0.243 e. The Bertz CT molecular complexity index is 818. The predicted octanol–water partition coefficient (Wildman–Crippen LogP) is 3.13. The fourth-order valence-electron chi connectivity index (χ4n) is 3.48. The third-order valence-electron chi connectivity index (χ3n) is 5.14. The quantitative estimate of drug-likeness (QED) is 0.735. The number of carbonyl (C=O) groups is 2. The van der Waals surface area contributed by atoms with E-state index in [1.54, 1.807) is 16.4 Å². The molecule has 1 aromatic rings. The molecule has 0 bridgehead atoms. The van der Waals surface area contributed by atoms with Crippen LogP contribution in [0.15, 0.2) is 29.2 Å². The Balaban J connectivity index is 1.96. The van der Waals surface area contributed by atoms with Crippen LogP contribution in [0.3, 0.4) is 0 Å². The molecule has 8 heteroatoms. The lowest BCUT2D eigenvalue weighted by Crippen LogP contribution is -2.47. The van der Waals surface area contributed by atoms with Crippen LogP contribution < -0.4 is 10.6 Å². The van der Waals surface area contributed by atoms with Gasteiger partial charge in [-0.25, -0.2) is 8.42 Å². The summed E-state index contributed by atoms with van der Waals surface area (Å²) in [5, 5.41) is 5.46. The zero-order valence-corrected chi connectivity index (χ0v) is 18.8. The van der Waals surface area contributed by atoms with Gasteiger partial charge in [-0.2, -0.15) is 4.31 Å². The van der Waals surface area contributed by atoms with Crippen LogP contribution in [0.2, 0.25) is 0 Å². The number of benzene rings is 1. The number of hydrogen-bond donors (Lipinski definition) is 2. The standard InChI is InChI=1S/C21H33N3O4S/c1-15-7-6-8-16(2)24(15)29(27,28)18-11-9-17(10-12-18)23-19(25)13-14-22-20(26)21(3,4)5/h9-12,15-16H,6-8,13-14H2,1-5H3,(H,22,26)(H,23,25)/t15-,16-/m1/s1. The van der Waals surface area contributed by atoms with Crippen molar-refractivity contribution in [2.24, 2.45) is 5.41 Å². The fraction of sp³-hybridized carbons (Fsp3) is 0.619. The normalized spacial score (nSPS) is 20.9. The molecule has 1 heterocycles. The Kier molecular flexibility index (Phi) is 7.45. The summed E-state index contributed by atoms with van der Waals surface area (Å²) in [6.45, 7) is 9.57. The monoisotopic (exact) mass is 423 g/mol. The Morgan fingerprint density at radius 1 is 1.07 bits per heavy atom. The molecule has 2 rings (SSSR count). The number of sulfonamides is 1. The highest BCUT2D eigenvalue weighted by Gasteiger charge is 2.35. The van der Waals surface area contributed by atoms with Crippen LogP contribution in [0.4, 0.5) is 5.69 Å². The summed E-state index contributed by atoms with van der Waals surface area (Å²) >= 11 is 0. The van der Waals surface area contributed by atoms with Crippen molar-refractivity contribution in [3.8, 4) is 0 Å². The zero-order chi connectivity index (χ0) is 21.8. The van der Waals surface area contributed by atoms with Crippen molar-refractivity contribution in [3.05, 3.63) is 24.3 Å². The maximum absolute atomic E-state index is 13.0. The minimum Gasteiger partial charge on any atom is -0.355 e. The van der Waals surface area contributed by atoms with Crippen molar-refractivity contribution in [1.82, 2.24) is 9.62 Å². The first-order valence-electron chi connectivity index (χ1n) is 10.1. The molecule has 7 nitrogen and oxygen atoms in total. The van der Waals surface area contributed by atoms with E-state index in [0.717, 1.165) is 19.3 Å². The van der Waals surface area contributed by atoms with E-state index in [4.69, 9.17) is 0 Å². The van der Waals surface area contributed by atoms with Crippen LogP contribution in [0.5, 0.6) is 0 Å². The summed E-state index contributed by atoms with van der Waals surface area (Å²) in [6, 6.07) is 6.20. The first-order chi connectivity index (χ1) is 13.4. The number of hydrogen-bond acceptors (Lipinski definition) is 4. The summed E-state index contributed by atoms with van der Waals surface area (Å²) in [7, 11) is -3.57. The van der Waals surface area contributed by atoms with Crippen molar-refractivity contribution in [2.45, 2.75) is 77.3 Å². The number of amides is 2. The van der Waals surface area contributed by atoms with Crippen LogP contribution in [0, 0.1) is 5.41 Å². The summed E-state index contributed by atoms with van der Waals surface area (Å²) < 4.78 is 27.7. The van der Waals surface area contributed by atoms with Crippen LogP contribution in [0.25, 0.3) is 0 Å².